The average molecular weight is 142 g/mol. The minimum Gasteiger partial charge on any atom is -0.376 e. The average Bonchev–Trinajstić information content (AvgIpc) is 1.86. The van der Waals surface area contributed by atoms with Gasteiger partial charge in [0.1, 0.15) is 6.29 Å². The Kier molecular flexibility index (Phi) is 2.09. The van der Waals surface area contributed by atoms with Gasteiger partial charge in [-0.15, -0.1) is 0 Å². The van der Waals surface area contributed by atoms with Gasteiger partial charge in [0.2, 0.25) is 0 Å². The van der Waals surface area contributed by atoms with E-state index in [0.29, 0.717) is 0 Å². The first-order chi connectivity index (χ1) is 4.64. The maximum Gasteiger partial charge on any atom is 0.123 e. The minimum absolute atomic E-state index is 0.0795. The quantitative estimate of drug-likeness (QED) is 0.517. The molecule has 1 saturated heterocycles. The zero-order valence-electron chi connectivity index (χ0n) is 6.59. The van der Waals surface area contributed by atoms with Crippen molar-refractivity contribution in [2.75, 3.05) is 6.61 Å². The zero-order valence-corrected chi connectivity index (χ0v) is 6.59. The van der Waals surface area contributed by atoms with Crippen molar-refractivity contribution in [2.24, 2.45) is 5.92 Å². The topological polar surface area (TPSA) is 26.3 Å². The molecule has 0 aromatic heterocycles. The fourth-order valence-electron chi connectivity index (χ4n) is 1.40. The van der Waals surface area contributed by atoms with E-state index in [1.807, 2.05) is 13.8 Å². The van der Waals surface area contributed by atoms with Crippen LogP contribution in [0.3, 0.4) is 0 Å². The SMILES string of the molecule is CC1(C)C[C@@H](C=O)CCO1. The number of ether oxygens (including phenoxy) is 1. The van der Waals surface area contributed by atoms with E-state index >= 15 is 0 Å². The third-order valence-electron chi connectivity index (χ3n) is 1.93. The third-order valence-corrected chi connectivity index (χ3v) is 1.93. The molecule has 58 valence electrons. The smallest absolute Gasteiger partial charge is 0.123 e. The van der Waals surface area contributed by atoms with Gasteiger partial charge >= 0.3 is 0 Å². The first-order valence-electron chi connectivity index (χ1n) is 3.73. The van der Waals surface area contributed by atoms with Gasteiger partial charge in [0.15, 0.2) is 0 Å². The van der Waals surface area contributed by atoms with Gasteiger partial charge in [0, 0.05) is 12.5 Å². The lowest BCUT2D eigenvalue weighted by atomic mass is 9.90. The first kappa shape index (κ1) is 7.73. The maximum atomic E-state index is 10.4. The molecule has 1 heterocycles. The molecule has 0 N–H and O–H groups in total. The van der Waals surface area contributed by atoms with E-state index in [2.05, 4.69) is 0 Å². The molecule has 1 fully saturated rings. The van der Waals surface area contributed by atoms with Gasteiger partial charge in [-0.3, -0.25) is 0 Å². The van der Waals surface area contributed by atoms with Gasteiger partial charge in [-0.05, 0) is 26.7 Å². The summed E-state index contributed by atoms with van der Waals surface area (Å²) in [5.74, 6) is 0.226. The Balaban J connectivity index is 2.47. The van der Waals surface area contributed by atoms with Gasteiger partial charge in [-0.1, -0.05) is 0 Å². The van der Waals surface area contributed by atoms with Crippen LogP contribution in [-0.4, -0.2) is 18.5 Å². The van der Waals surface area contributed by atoms with Crippen LogP contribution < -0.4 is 0 Å². The number of hydrogen-bond acceptors (Lipinski definition) is 2. The van der Waals surface area contributed by atoms with E-state index in [0.717, 1.165) is 25.7 Å². The van der Waals surface area contributed by atoms with Crippen LogP contribution in [0.1, 0.15) is 26.7 Å². The molecule has 0 unspecified atom stereocenters. The molecule has 0 aromatic rings. The van der Waals surface area contributed by atoms with Gasteiger partial charge in [-0.25, -0.2) is 0 Å². The number of carbonyl (C=O) groups is 1. The molecule has 1 aliphatic rings. The number of aldehydes is 1. The molecule has 1 rings (SSSR count). The Hall–Kier alpha value is -0.370. The van der Waals surface area contributed by atoms with Crippen LogP contribution in [0.15, 0.2) is 0 Å². The molecule has 0 saturated carbocycles. The normalized spacial score (nSPS) is 31.6. The fourth-order valence-corrected chi connectivity index (χ4v) is 1.40. The monoisotopic (exact) mass is 142 g/mol. The molecule has 0 aliphatic carbocycles. The van der Waals surface area contributed by atoms with Crippen molar-refractivity contribution in [1.82, 2.24) is 0 Å². The van der Waals surface area contributed by atoms with Gasteiger partial charge < -0.3 is 9.53 Å². The lowest BCUT2D eigenvalue weighted by molar-refractivity contribution is -0.121. The zero-order chi connectivity index (χ0) is 7.61. The van der Waals surface area contributed by atoms with Gasteiger partial charge in [0.25, 0.3) is 0 Å². The molecule has 0 aromatic carbocycles. The molecular weight excluding hydrogens is 128 g/mol. The molecule has 10 heavy (non-hydrogen) atoms. The second kappa shape index (κ2) is 2.70. The Labute approximate surface area is 61.6 Å². The first-order valence-corrected chi connectivity index (χ1v) is 3.73. The summed E-state index contributed by atoms with van der Waals surface area (Å²) in [4.78, 5) is 10.4. The van der Waals surface area contributed by atoms with Crippen LogP contribution in [0.4, 0.5) is 0 Å². The van der Waals surface area contributed by atoms with Crippen molar-refractivity contribution < 1.29 is 9.53 Å². The third kappa shape index (κ3) is 1.81. The van der Waals surface area contributed by atoms with E-state index < -0.39 is 0 Å². The maximum absolute atomic E-state index is 10.4. The summed E-state index contributed by atoms with van der Waals surface area (Å²) in [7, 11) is 0. The highest BCUT2D eigenvalue weighted by atomic mass is 16.5. The number of rotatable bonds is 1. The standard InChI is InChI=1S/C8H14O2/c1-8(2)5-7(6-9)3-4-10-8/h6-7H,3-5H2,1-2H3/t7-/m0/s1. The van der Waals surface area contributed by atoms with Crippen molar-refractivity contribution in [1.29, 1.82) is 0 Å². The molecule has 0 amide bonds. The minimum atomic E-state index is -0.0795. The van der Waals surface area contributed by atoms with Gasteiger partial charge in [-0.2, -0.15) is 0 Å². The summed E-state index contributed by atoms with van der Waals surface area (Å²) < 4.78 is 5.44. The predicted molar refractivity (Wildman–Crippen MR) is 38.8 cm³/mol. The molecule has 1 atom stereocenters. The predicted octanol–water partition coefficient (Wildman–Crippen LogP) is 1.39. The van der Waals surface area contributed by atoms with Crippen molar-refractivity contribution in [3.63, 3.8) is 0 Å². The van der Waals surface area contributed by atoms with E-state index in [9.17, 15) is 4.79 Å². The number of carbonyl (C=O) groups excluding carboxylic acids is 1. The van der Waals surface area contributed by atoms with Crippen LogP contribution >= 0.6 is 0 Å². The van der Waals surface area contributed by atoms with E-state index in [1.54, 1.807) is 0 Å². The largest absolute Gasteiger partial charge is 0.376 e. The van der Waals surface area contributed by atoms with E-state index in [-0.39, 0.29) is 11.5 Å². The summed E-state index contributed by atoms with van der Waals surface area (Å²) in [6.45, 7) is 4.79. The van der Waals surface area contributed by atoms with E-state index in [4.69, 9.17) is 4.74 Å². The van der Waals surface area contributed by atoms with Crippen molar-refractivity contribution in [3.8, 4) is 0 Å². The Bertz CT molecular complexity index is 129. The Morgan fingerprint density at radius 3 is 2.70 bits per heavy atom. The molecule has 0 bridgehead atoms. The lowest BCUT2D eigenvalue weighted by Crippen LogP contribution is -2.34. The second-order valence-electron chi connectivity index (χ2n) is 3.50. The lowest BCUT2D eigenvalue weighted by Gasteiger charge is -2.32. The fraction of sp³-hybridized carbons (Fsp3) is 0.875. The van der Waals surface area contributed by atoms with Crippen molar-refractivity contribution in [2.45, 2.75) is 32.3 Å². The van der Waals surface area contributed by atoms with Crippen LogP contribution in [0.2, 0.25) is 0 Å². The molecular formula is C8H14O2. The Morgan fingerprint density at radius 2 is 2.30 bits per heavy atom. The second-order valence-corrected chi connectivity index (χ2v) is 3.50. The molecule has 0 radical (unpaired) electrons. The van der Waals surface area contributed by atoms with Crippen LogP contribution in [-0.2, 0) is 9.53 Å². The summed E-state index contributed by atoms with van der Waals surface area (Å²) >= 11 is 0. The highest BCUT2D eigenvalue weighted by Crippen LogP contribution is 2.26. The molecule has 2 nitrogen and oxygen atoms in total. The number of hydrogen-bond donors (Lipinski definition) is 0. The summed E-state index contributed by atoms with van der Waals surface area (Å²) in [5.41, 5.74) is -0.0795. The molecule has 2 heteroatoms. The van der Waals surface area contributed by atoms with Crippen LogP contribution in [0.5, 0.6) is 0 Å². The van der Waals surface area contributed by atoms with Crippen LogP contribution in [0.25, 0.3) is 0 Å². The molecule has 0 spiro atoms. The summed E-state index contributed by atoms with van der Waals surface area (Å²) in [6.07, 6.45) is 2.81. The Morgan fingerprint density at radius 1 is 1.60 bits per heavy atom. The summed E-state index contributed by atoms with van der Waals surface area (Å²) in [6, 6.07) is 0. The highest BCUT2D eigenvalue weighted by molar-refractivity contribution is 5.53. The van der Waals surface area contributed by atoms with Crippen molar-refractivity contribution >= 4 is 6.29 Å². The molecule has 1 aliphatic heterocycles. The van der Waals surface area contributed by atoms with Crippen LogP contribution in [0, 0.1) is 5.92 Å². The highest BCUT2D eigenvalue weighted by Gasteiger charge is 2.28. The summed E-state index contributed by atoms with van der Waals surface area (Å²) in [5, 5.41) is 0. The van der Waals surface area contributed by atoms with E-state index in [1.165, 1.54) is 0 Å². The van der Waals surface area contributed by atoms with Crippen molar-refractivity contribution in [3.05, 3.63) is 0 Å². The van der Waals surface area contributed by atoms with Gasteiger partial charge in [0.05, 0.1) is 5.60 Å².